The van der Waals surface area contributed by atoms with Gasteiger partial charge in [-0.1, -0.05) is 22.0 Å². The van der Waals surface area contributed by atoms with Crippen LogP contribution in [0.15, 0.2) is 34.3 Å². The number of aryl methyl sites for hydroxylation is 1. The minimum Gasteiger partial charge on any atom is -0.478 e. The summed E-state index contributed by atoms with van der Waals surface area (Å²) in [4.78, 5) is 10.6. The normalized spacial score (nSPS) is 11.3. The summed E-state index contributed by atoms with van der Waals surface area (Å²) in [5, 5.41) is 11.8. The summed E-state index contributed by atoms with van der Waals surface area (Å²) in [7, 11) is 0. The summed E-state index contributed by atoms with van der Waals surface area (Å²) in [5.74, 6) is -0.880. The van der Waals surface area contributed by atoms with Crippen molar-refractivity contribution in [1.82, 2.24) is 0 Å². The van der Waals surface area contributed by atoms with Crippen LogP contribution in [0, 0.1) is 6.92 Å². The Balaban J connectivity index is 2.62. The summed E-state index contributed by atoms with van der Waals surface area (Å²) in [6.07, 6.45) is 1.66. The van der Waals surface area contributed by atoms with Crippen LogP contribution in [0.1, 0.15) is 12.5 Å². The first-order valence-electron chi connectivity index (χ1n) is 4.91. The van der Waals surface area contributed by atoms with E-state index in [1.54, 1.807) is 13.0 Å². The molecule has 0 radical (unpaired) electrons. The van der Waals surface area contributed by atoms with Crippen LogP contribution in [0.4, 0.5) is 5.69 Å². The van der Waals surface area contributed by atoms with Gasteiger partial charge in [-0.05, 0) is 37.6 Å². The molecule has 0 saturated carbocycles. The highest BCUT2D eigenvalue weighted by atomic mass is 79.9. The lowest BCUT2D eigenvalue weighted by Gasteiger charge is -2.07. The molecule has 0 aromatic heterocycles. The van der Waals surface area contributed by atoms with Crippen molar-refractivity contribution in [1.29, 1.82) is 0 Å². The molecule has 0 aliphatic rings. The number of carbonyl (C=O) groups is 1. The Labute approximate surface area is 103 Å². The van der Waals surface area contributed by atoms with E-state index < -0.39 is 5.97 Å². The van der Waals surface area contributed by atoms with E-state index >= 15 is 0 Å². The van der Waals surface area contributed by atoms with Crippen molar-refractivity contribution in [3.05, 3.63) is 39.9 Å². The molecule has 0 amide bonds. The molecule has 16 heavy (non-hydrogen) atoms. The first kappa shape index (κ1) is 12.8. The summed E-state index contributed by atoms with van der Waals surface area (Å²) >= 11 is 3.39. The third kappa shape index (κ3) is 3.70. The minimum atomic E-state index is -0.880. The molecule has 86 valence electrons. The van der Waals surface area contributed by atoms with Crippen LogP contribution in [-0.2, 0) is 4.79 Å². The number of aliphatic carboxylic acids is 1. The average Bonchev–Trinajstić information content (AvgIpc) is 2.20. The van der Waals surface area contributed by atoms with Gasteiger partial charge < -0.3 is 10.4 Å². The Morgan fingerprint density at radius 2 is 2.25 bits per heavy atom. The lowest BCUT2D eigenvalue weighted by Crippen LogP contribution is -2.04. The highest BCUT2D eigenvalue weighted by molar-refractivity contribution is 9.10. The molecule has 0 saturated heterocycles. The summed E-state index contributed by atoms with van der Waals surface area (Å²) < 4.78 is 1.04. The average molecular weight is 284 g/mol. The van der Waals surface area contributed by atoms with Gasteiger partial charge in [0.25, 0.3) is 0 Å². The molecule has 0 aliphatic heterocycles. The van der Waals surface area contributed by atoms with Crippen LogP contribution in [0.2, 0.25) is 0 Å². The van der Waals surface area contributed by atoms with Crippen molar-refractivity contribution in [3.63, 3.8) is 0 Å². The van der Waals surface area contributed by atoms with Gasteiger partial charge >= 0.3 is 5.97 Å². The number of rotatable bonds is 4. The maximum Gasteiger partial charge on any atom is 0.331 e. The molecule has 0 unspecified atom stereocenters. The van der Waals surface area contributed by atoms with Crippen molar-refractivity contribution in [3.8, 4) is 0 Å². The summed E-state index contributed by atoms with van der Waals surface area (Å²) in [6, 6.07) is 5.92. The summed E-state index contributed by atoms with van der Waals surface area (Å²) in [6.45, 7) is 4.10. The number of nitrogens with one attached hydrogen (secondary N) is 1. The molecule has 0 spiro atoms. The van der Waals surface area contributed by atoms with E-state index in [1.165, 1.54) is 0 Å². The van der Waals surface area contributed by atoms with E-state index in [4.69, 9.17) is 5.11 Å². The van der Waals surface area contributed by atoms with E-state index in [1.807, 2.05) is 25.1 Å². The lowest BCUT2D eigenvalue weighted by atomic mass is 10.2. The van der Waals surface area contributed by atoms with Crippen LogP contribution in [0.3, 0.4) is 0 Å². The van der Waals surface area contributed by atoms with Crippen molar-refractivity contribution in [2.24, 2.45) is 0 Å². The Bertz CT molecular complexity index is 427. The molecule has 0 bridgehead atoms. The number of benzene rings is 1. The zero-order valence-electron chi connectivity index (χ0n) is 9.25. The van der Waals surface area contributed by atoms with E-state index in [0.717, 1.165) is 15.7 Å². The maximum absolute atomic E-state index is 10.6. The second kappa shape index (κ2) is 5.70. The lowest BCUT2D eigenvalue weighted by molar-refractivity contribution is -0.132. The molecule has 3 nitrogen and oxygen atoms in total. The second-order valence-electron chi connectivity index (χ2n) is 3.53. The van der Waals surface area contributed by atoms with Crippen LogP contribution >= 0.6 is 15.9 Å². The standard InChI is InChI=1S/C12H14BrNO2/c1-8(12(15)16)5-6-14-11-4-3-10(13)7-9(11)2/h3-5,7,14H,6H2,1-2H3,(H,15,16)/b8-5-. The van der Waals surface area contributed by atoms with E-state index in [0.29, 0.717) is 12.1 Å². The highest BCUT2D eigenvalue weighted by Gasteiger charge is 1.99. The number of hydrogen-bond acceptors (Lipinski definition) is 2. The molecule has 0 atom stereocenters. The Kier molecular flexibility index (Phi) is 4.55. The predicted octanol–water partition coefficient (Wildman–Crippen LogP) is 3.20. The van der Waals surface area contributed by atoms with Gasteiger partial charge in [0.1, 0.15) is 0 Å². The zero-order chi connectivity index (χ0) is 12.1. The molecule has 1 aromatic rings. The molecule has 1 rings (SSSR count). The molecular formula is C12H14BrNO2. The number of hydrogen-bond donors (Lipinski definition) is 2. The van der Waals surface area contributed by atoms with Crippen LogP contribution < -0.4 is 5.32 Å². The minimum absolute atomic E-state index is 0.349. The van der Waals surface area contributed by atoms with Gasteiger partial charge in [0.05, 0.1) is 0 Å². The first-order valence-corrected chi connectivity index (χ1v) is 5.70. The molecule has 0 heterocycles. The van der Waals surface area contributed by atoms with E-state index in [2.05, 4.69) is 21.2 Å². The van der Waals surface area contributed by atoms with Crippen molar-refractivity contribution in [2.75, 3.05) is 11.9 Å². The third-order valence-electron chi connectivity index (χ3n) is 2.23. The Morgan fingerprint density at radius 3 is 2.81 bits per heavy atom. The van der Waals surface area contributed by atoms with Crippen LogP contribution in [0.5, 0.6) is 0 Å². The van der Waals surface area contributed by atoms with Crippen molar-refractivity contribution >= 4 is 27.6 Å². The fraction of sp³-hybridized carbons (Fsp3) is 0.250. The van der Waals surface area contributed by atoms with Crippen molar-refractivity contribution in [2.45, 2.75) is 13.8 Å². The molecule has 0 fully saturated rings. The van der Waals surface area contributed by atoms with E-state index in [-0.39, 0.29) is 0 Å². The SMILES string of the molecule is C/C(=C/CNc1ccc(Br)cc1C)C(=O)O. The third-order valence-corrected chi connectivity index (χ3v) is 2.72. The second-order valence-corrected chi connectivity index (χ2v) is 4.45. The van der Waals surface area contributed by atoms with Gasteiger partial charge in [0.2, 0.25) is 0 Å². The zero-order valence-corrected chi connectivity index (χ0v) is 10.8. The molecular weight excluding hydrogens is 270 g/mol. The highest BCUT2D eigenvalue weighted by Crippen LogP contribution is 2.19. The summed E-state index contributed by atoms with van der Waals surface area (Å²) in [5.41, 5.74) is 2.48. The molecule has 2 N–H and O–H groups in total. The fourth-order valence-corrected chi connectivity index (χ4v) is 1.70. The molecule has 4 heteroatoms. The smallest absolute Gasteiger partial charge is 0.331 e. The van der Waals surface area contributed by atoms with Gasteiger partial charge in [-0.25, -0.2) is 4.79 Å². The maximum atomic E-state index is 10.6. The fourth-order valence-electron chi connectivity index (χ4n) is 1.23. The van der Waals surface area contributed by atoms with Gasteiger partial charge in [-0.2, -0.15) is 0 Å². The van der Waals surface area contributed by atoms with Gasteiger partial charge in [-0.15, -0.1) is 0 Å². The molecule has 0 aliphatic carbocycles. The topological polar surface area (TPSA) is 49.3 Å². The first-order chi connectivity index (χ1) is 7.50. The largest absolute Gasteiger partial charge is 0.478 e. The number of halogens is 1. The Hall–Kier alpha value is -1.29. The predicted molar refractivity (Wildman–Crippen MR) is 68.8 cm³/mol. The van der Waals surface area contributed by atoms with Gasteiger partial charge in [0, 0.05) is 22.3 Å². The number of anilines is 1. The van der Waals surface area contributed by atoms with E-state index in [9.17, 15) is 4.79 Å². The monoisotopic (exact) mass is 283 g/mol. The van der Waals surface area contributed by atoms with Crippen LogP contribution in [0.25, 0.3) is 0 Å². The van der Waals surface area contributed by atoms with Gasteiger partial charge in [0.15, 0.2) is 0 Å². The number of carboxylic acid groups (broad SMARTS) is 1. The van der Waals surface area contributed by atoms with Crippen LogP contribution in [-0.4, -0.2) is 17.6 Å². The number of carboxylic acids is 1. The quantitative estimate of drug-likeness (QED) is 0.835. The Morgan fingerprint density at radius 1 is 1.56 bits per heavy atom. The molecule has 1 aromatic carbocycles. The van der Waals surface area contributed by atoms with Crippen molar-refractivity contribution < 1.29 is 9.90 Å². The van der Waals surface area contributed by atoms with Gasteiger partial charge in [-0.3, -0.25) is 0 Å².